The Kier molecular flexibility index (Phi) is 17.7. The third-order valence-corrected chi connectivity index (χ3v) is 23.5. The van der Waals surface area contributed by atoms with Gasteiger partial charge in [-0.15, -0.1) is 0 Å². The first-order chi connectivity index (χ1) is 55.8. The minimum atomic E-state index is -0.651. The molecule has 114 heavy (non-hydrogen) atoms. The second kappa shape index (κ2) is 28.5. The smallest absolute Gasteiger partial charge is 0.457 e. The van der Waals surface area contributed by atoms with Crippen molar-refractivity contribution in [2.24, 2.45) is 0 Å². The number of halogens is 1. The molecule has 0 N–H and O–H groups in total. The molecule has 10 nitrogen and oxygen atoms in total. The van der Waals surface area contributed by atoms with Crippen molar-refractivity contribution >= 4 is 28.5 Å². The van der Waals surface area contributed by atoms with E-state index in [0.717, 1.165) is 167 Å². The van der Waals surface area contributed by atoms with E-state index in [1.807, 2.05) is 182 Å². The van der Waals surface area contributed by atoms with Gasteiger partial charge < -0.3 is 18.8 Å². The van der Waals surface area contributed by atoms with Gasteiger partial charge in [0.15, 0.2) is 11.6 Å². The summed E-state index contributed by atoms with van der Waals surface area (Å²) < 4.78 is 26.9. The van der Waals surface area contributed by atoms with Crippen molar-refractivity contribution in [3.8, 4) is 136 Å². The van der Waals surface area contributed by atoms with E-state index < -0.39 is 29.2 Å². The minimum absolute atomic E-state index is 0.434. The van der Waals surface area contributed by atoms with Crippen molar-refractivity contribution in [1.82, 2.24) is 19.9 Å². The average molecular weight is 1530 g/mol. The van der Waals surface area contributed by atoms with E-state index in [1.165, 1.54) is 5.56 Å². The Morgan fingerprint density at radius 1 is 0.281 bits per heavy atom. The number of aromatic nitrogens is 4. The third kappa shape index (κ3) is 12.1. The van der Waals surface area contributed by atoms with Crippen LogP contribution in [0.1, 0.15) is 83.3 Å². The van der Waals surface area contributed by atoms with Crippen LogP contribution in [0.25, 0.3) is 101 Å². The summed E-state index contributed by atoms with van der Waals surface area (Å²) in [4.78, 5) is 19.6. The molecule has 0 radical (unpaired) electrons. The molecule has 0 bridgehead atoms. The first-order valence-corrected chi connectivity index (χ1v) is 38.9. The van der Waals surface area contributed by atoms with Gasteiger partial charge >= 0.3 is 7.12 Å². The van der Waals surface area contributed by atoms with Crippen molar-refractivity contribution in [2.75, 3.05) is 0 Å². The van der Waals surface area contributed by atoms with Crippen LogP contribution in [0, 0.1) is 22.7 Å². The molecular weight excluding hydrogens is 1460 g/mol. The highest BCUT2D eigenvalue weighted by molar-refractivity contribution is 9.10. The van der Waals surface area contributed by atoms with Crippen LogP contribution in [-0.4, -0.2) is 38.3 Å². The van der Waals surface area contributed by atoms with E-state index in [-0.39, 0.29) is 0 Å². The normalized spacial score (nSPS) is 14.3. The summed E-state index contributed by atoms with van der Waals surface area (Å²) in [7, 11) is -0.476. The van der Waals surface area contributed by atoms with Gasteiger partial charge in [-0.25, -0.2) is 19.9 Å². The lowest BCUT2D eigenvalue weighted by Gasteiger charge is -2.39. The average Bonchev–Trinajstić information content (AvgIpc) is 1.51. The van der Waals surface area contributed by atoms with Crippen molar-refractivity contribution < 1.29 is 18.8 Å². The van der Waals surface area contributed by atoms with Crippen LogP contribution in [0.15, 0.2) is 356 Å². The van der Waals surface area contributed by atoms with Crippen LogP contribution >= 0.6 is 15.9 Å². The molecular formula is C102H70BBrN6O4. The quantitative estimate of drug-likeness (QED) is 0.135. The summed E-state index contributed by atoms with van der Waals surface area (Å²) in [6.07, 6.45) is 0. The van der Waals surface area contributed by atoms with Gasteiger partial charge in [0.05, 0.1) is 68.1 Å². The molecule has 2 aliphatic carbocycles. The molecule has 0 atom stereocenters. The summed E-state index contributed by atoms with van der Waals surface area (Å²) in [6.45, 7) is 8.30. The van der Waals surface area contributed by atoms with Crippen LogP contribution < -0.4 is 14.9 Å². The molecule has 12 heteroatoms. The zero-order valence-electron chi connectivity index (χ0n) is 62.8. The number of ether oxygens (including phenoxy) is 2. The maximum absolute atomic E-state index is 10.0. The van der Waals surface area contributed by atoms with Crippen molar-refractivity contribution in [3.05, 3.63) is 412 Å². The highest BCUT2D eigenvalue weighted by Gasteiger charge is 2.56. The number of nitrogens with zero attached hydrogens (tertiary/aromatic N) is 6. The maximum atomic E-state index is 10.0. The predicted octanol–water partition coefficient (Wildman–Crippen LogP) is 24.1. The topological polar surface area (TPSA) is 136 Å². The Morgan fingerprint density at radius 2 is 0.579 bits per heavy atom. The van der Waals surface area contributed by atoms with Gasteiger partial charge in [0, 0.05) is 60.1 Å². The van der Waals surface area contributed by atoms with E-state index in [9.17, 15) is 10.5 Å². The second-order valence-electron chi connectivity index (χ2n) is 30.1. The van der Waals surface area contributed by atoms with Gasteiger partial charge in [-0.3, -0.25) is 0 Å². The molecule has 1 saturated heterocycles. The lowest BCUT2D eigenvalue weighted by molar-refractivity contribution is 0.00578. The summed E-state index contributed by atoms with van der Waals surface area (Å²) in [6, 6.07) is 125. The fourth-order valence-corrected chi connectivity index (χ4v) is 17.1. The molecule has 16 aromatic rings. The fraction of sp³-hybridized carbons (Fsp3) is 0.0784. The van der Waals surface area contributed by atoms with E-state index in [1.54, 1.807) is 0 Å². The lowest BCUT2D eigenvalue weighted by Crippen LogP contribution is -2.41. The third-order valence-electron chi connectivity index (χ3n) is 23.0. The van der Waals surface area contributed by atoms with Crippen molar-refractivity contribution in [3.63, 3.8) is 0 Å². The maximum Gasteiger partial charge on any atom is 0.494 e. The highest BCUT2D eigenvalue weighted by Crippen LogP contribution is 2.64. The molecule has 542 valence electrons. The van der Waals surface area contributed by atoms with Gasteiger partial charge in [0.2, 0.25) is 0 Å². The zero-order chi connectivity index (χ0) is 77.3. The van der Waals surface area contributed by atoms with Crippen LogP contribution in [0.5, 0.6) is 23.0 Å². The second-order valence-corrected chi connectivity index (χ2v) is 31.0. The number of hydrogen-bond donors (Lipinski definition) is 0. The van der Waals surface area contributed by atoms with Crippen molar-refractivity contribution in [1.29, 1.82) is 10.5 Å². The predicted molar refractivity (Wildman–Crippen MR) is 456 cm³/mol. The summed E-state index contributed by atoms with van der Waals surface area (Å²) in [5, 5.41) is 19.9. The number of fused-ring (bicyclic) bond motifs is 18. The molecule has 3 aliphatic heterocycles. The van der Waals surface area contributed by atoms with Crippen LogP contribution in [0.2, 0.25) is 0 Å². The SMILES string of the molecule is Brc1ccc(-c2cc(-c3ccccc3)nc(-c3ccccc3)n2)cc1.CC1(C)OB(c2ccc3c(c2)C2(c4ccccc4Oc4ccccc42)c2cc(C#N)ccc2-3)OC1(C)C.N#Cc1ccc2c(c1)C1(c3ccccc3Oc3ccccc31)c1cc(-c3ccc(-c4cc(-c5ccccc5)nc(-c5ccccc5)n4)cc3)ccc1-2. The molecule has 14 aromatic carbocycles. The van der Waals surface area contributed by atoms with Gasteiger partial charge in [-0.1, -0.05) is 289 Å². The number of para-hydroxylation sites is 4. The Bertz CT molecular complexity index is 6320. The summed E-state index contributed by atoms with van der Waals surface area (Å²) in [5.74, 6) is 4.73. The first kappa shape index (κ1) is 70.7. The standard InChI is InChI=1S/C48H29N3O.C32H26BNO3.C22H15BrN2/c49-30-31-19-25-37-38-26-24-36(28-42(38)48(41(37)27-31)39-15-7-9-17-45(39)52-46-18-10-8-16-40(46)48)32-20-22-34(23-21-32)44-29-43(33-11-3-1-4-12-33)50-47(51-44)35-13-5-2-6-14-35;1-30(2)31(3,4)37-33(36-30)21-14-16-23-22-15-13-20(19-34)17-26(22)32(27(23)18-21)24-9-5-7-11-28(24)35-29-12-8-6-10-25(29)32;23-19-13-11-17(12-14-19)21-15-20(16-7-3-1-4-8-16)24-22(25-21)18-9-5-2-6-10-18/h1-29H;5-18H,1-4H3;1-15H. The van der Waals surface area contributed by atoms with Crippen molar-refractivity contribution in [2.45, 2.75) is 49.7 Å². The zero-order valence-corrected chi connectivity index (χ0v) is 64.3. The van der Waals surface area contributed by atoms with E-state index in [4.69, 9.17) is 38.7 Å². The summed E-state index contributed by atoms with van der Waals surface area (Å²) in [5.41, 5.74) is 25.5. The number of benzene rings is 14. The molecule has 2 aromatic heterocycles. The Morgan fingerprint density at radius 3 is 0.965 bits per heavy atom. The van der Waals surface area contributed by atoms with Gasteiger partial charge in [-0.05, 0) is 168 Å². The Balaban J connectivity index is 0.000000123. The summed E-state index contributed by atoms with van der Waals surface area (Å²) >= 11 is 3.49. The molecule has 21 rings (SSSR count). The fourth-order valence-electron chi connectivity index (χ4n) is 16.8. The number of rotatable bonds is 8. The Hall–Kier alpha value is -13.7. The molecule has 0 saturated carbocycles. The monoisotopic (exact) mass is 1530 g/mol. The number of nitriles is 2. The van der Waals surface area contributed by atoms with E-state index in [0.29, 0.717) is 17.0 Å². The molecule has 1 fully saturated rings. The minimum Gasteiger partial charge on any atom is -0.457 e. The molecule has 5 aliphatic rings. The largest absolute Gasteiger partial charge is 0.494 e. The van der Waals surface area contributed by atoms with Crippen LogP contribution in [-0.2, 0) is 20.1 Å². The van der Waals surface area contributed by atoms with Gasteiger partial charge in [-0.2, -0.15) is 10.5 Å². The number of hydrogen-bond acceptors (Lipinski definition) is 10. The molecule has 5 heterocycles. The van der Waals surface area contributed by atoms with Gasteiger partial charge in [0.1, 0.15) is 23.0 Å². The first-order valence-electron chi connectivity index (χ1n) is 38.1. The molecule has 0 amide bonds. The molecule has 2 spiro atoms. The molecule has 0 unspecified atom stereocenters. The highest BCUT2D eigenvalue weighted by atomic mass is 79.9. The van der Waals surface area contributed by atoms with Gasteiger partial charge in [0.25, 0.3) is 0 Å². The lowest BCUT2D eigenvalue weighted by atomic mass is 9.64. The van der Waals surface area contributed by atoms with Crippen LogP contribution in [0.3, 0.4) is 0 Å². The van der Waals surface area contributed by atoms with E-state index >= 15 is 0 Å². The Labute approximate surface area is 671 Å². The van der Waals surface area contributed by atoms with E-state index in [2.05, 4.69) is 226 Å². The van der Waals surface area contributed by atoms with Crippen LogP contribution in [0.4, 0.5) is 0 Å².